The van der Waals surface area contributed by atoms with Gasteiger partial charge in [0.25, 0.3) is 0 Å². The third-order valence-corrected chi connectivity index (χ3v) is 1.96. The molecule has 0 aliphatic rings. The highest BCUT2D eigenvalue weighted by Gasteiger charge is 2.08. The molecule has 2 atom stereocenters. The van der Waals surface area contributed by atoms with Crippen LogP contribution in [-0.2, 0) is 4.74 Å². The van der Waals surface area contributed by atoms with Gasteiger partial charge in [0.1, 0.15) is 0 Å². The zero-order chi connectivity index (χ0) is 10.1. The fraction of sp³-hybridized carbons (Fsp3) is 1.00. The zero-order valence-corrected chi connectivity index (χ0v) is 8.70. The van der Waals surface area contributed by atoms with Crippen LogP contribution in [0.5, 0.6) is 0 Å². The van der Waals surface area contributed by atoms with E-state index in [9.17, 15) is 0 Å². The Labute approximate surface area is 80.7 Å². The van der Waals surface area contributed by atoms with E-state index in [1.807, 2.05) is 0 Å². The van der Waals surface area contributed by atoms with Crippen LogP contribution in [0.1, 0.15) is 39.5 Å². The lowest BCUT2D eigenvalue weighted by Crippen LogP contribution is -2.20. The first-order valence-electron chi connectivity index (χ1n) is 5.11. The maximum atomic E-state index is 9.03. The molecule has 0 rings (SSSR count). The molecule has 0 aromatic carbocycles. The summed E-state index contributed by atoms with van der Waals surface area (Å²) in [6, 6.07) is 0. The van der Waals surface area contributed by atoms with Gasteiger partial charge < -0.3 is 14.9 Å². The number of aliphatic hydroxyl groups is 2. The first-order valence-corrected chi connectivity index (χ1v) is 5.11. The summed E-state index contributed by atoms with van der Waals surface area (Å²) in [4.78, 5) is 0. The van der Waals surface area contributed by atoms with E-state index >= 15 is 0 Å². The fourth-order valence-corrected chi connectivity index (χ4v) is 1.05. The zero-order valence-electron chi connectivity index (χ0n) is 8.70. The first-order chi connectivity index (χ1) is 6.20. The Balaban J connectivity index is 3.39. The minimum absolute atomic E-state index is 0.0520. The molecule has 0 fully saturated rings. The molecule has 0 aliphatic carbocycles. The van der Waals surface area contributed by atoms with Gasteiger partial charge in [-0.05, 0) is 26.2 Å². The van der Waals surface area contributed by atoms with E-state index in [-0.39, 0.29) is 18.8 Å². The highest BCUT2D eigenvalue weighted by molar-refractivity contribution is 4.58. The number of unbranched alkanes of at least 4 members (excludes halogenated alkanes) is 1. The lowest BCUT2D eigenvalue weighted by atomic mass is 10.1. The first kappa shape index (κ1) is 12.9. The van der Waals surface area contributed by atoms with Crippen LogP contribution < -0.4 is 0 Å². The van der Waals surface area contributed by atoms with Crippen molar-refractivity contribution in [1.82, 2.24) is 0 Å². The van der Waals surface area contributed by atoms with Gasteiger partial charge in [-0.15, -0.1) is 0 Å². The van der Waals surface area contributed by atoms with Crippen molar-refractivity contribution in [2.24, 2.45) is 0 Å². The van der Waals surface area contributed by atoms with Gasteiger partial charge in [0.15, 0.2) is 0 Å². The monoisotopic (exact) mass is 190 g/mol. The second-order valence-electron chi connectivity index (χ2n) is 3.46. The van der Waals surface area contributed by atoms with Crippen molar-refractivity contribution in [3.8, 4) is 0 Å². The number of hydrogen-bond donors (Lipinski definition) is 2. The van der Waals surface area contributed by atoms with Crippen LogP contribution in [-0.4, -0.2) is 35.6 Å². The molecule has 2 unspecified atom stereocenters. The van der Waals surface area contributed by atoms with E-state index in [1.54, 1.807) is 6.92 Å². The molecule has 0 aromatic heterocycles. The summed E-state index contributed by atoms with van der Waals surface area (Å²) in [5.74, 6) is 0. The van der Waals surface area contributed by atoms with Crippen molar-refractivity contribution < 1.29 is 14.9 Å². The van der Waals surface area contributed by atoms with Crippen LogP contribution in [0.3, 0.4) is 0 Å². The quantitative estimate of drug-likeness (QED) is 0.568. The van der Waals surface area contributed by atoms with E-state index in [1.165, 1.54) is 0 Å². The molecule has 0 aromatic rings. The molecule has 0 saturated heterocycles. The molecular weight excluding hydrogens is 168 g/mol. The second kappa shape index (κ2) is 8.48. The Morgan fingerprint density at radius 2 is 2.00 bits per heavy atom. The Morgan fingerprint density at radius 3 is 2.46 bits per heavy atom. The lowest BCUT2D eigenvalue weighted by Gasteiger charge is -2.15. The smallest absolute Gasteiger partial charge is 0.0806 e. The number of rotatable bonds is 8. The topological polar surface area (TPSA) is 49.7 Å². The van der Waals surface area contributed by atoms with Gasteiger partial charge in [0.2, 0.25) is 0 Å². The summed E-state index contributed by atoms with van der Waals surface area (Å²) >= 11 is 0. The van der Waals surface area contributed by atoms with Crippen LogP contribution >= 0.6 is 0 Å². The normalized spacial score (nSPS) is 15.7. The molecule has 0 amide bonds. The number of aliphatic hydroxyl groups excluding tert-OH is 2. The standard InChI is InChI=1S/C10H22O3/c1-3-4-7-13-10(8-11)6-5-9(2)12/h9-12H,3-8H2,1-2H3. The van der Waals surface area contributed by atoms with Crippen LogP contribution in [0.15, 0.2) is 0 Å². The Bertz CT molecular complexity index is 104. The van der Waals surface area contributed by atoms with Gasteiger partial charge in [0, 0.05) is 6.61 Å². The summed E-state index contributed by atoms with van der Waals surface area (Å²) in [7, 11) is 0. The lowest BCUT2D eigenvalue weighted by molar-refractivity contribution is -0.000422. The van der Waals surface area contributed by atoms with Crippen molar-refractivity contribution >= 4 is 0 Å². The molecule has 0 aliphatic heterocycles. The summed E-state index contributed by atoms with van der Waals surface area (Å²) in [6.07, 6.45) is 3.17. The largest absolute Gasteiger partial charge is 0.394 e. The van der Waals surface area contributed by atoms with Gasteiger partial charge in [0.05, 0.1) is 18.8 Å². The average molecular weight is 190 g/mol. The molecule has 0 radical (unpaired) electrons. The van der Waals surface area contributed by atoms with Gasteiger partial charge in [-0.3, -0.25) is 0 Å². The maximum Gasteiger partial charge on any atom is 0.0806 e. The second-order valence-corrected chi connectivity index (χ2v) is 3.46. The van der Waals surface area contributed by atoms with Crippen molar-refractivity contribution in [2.45, 2.75) is 51.7 Å². The molecule has 80 valence electrons. The van der Waals surface area contributed by atoms with Crippen LogP contribution in [0.25, 0.3) is 0 Å². The predicted octanol–water partition coefficient (Wildman–Crippen LogP) is 1.32. The maximum absolute atomic E-state index is 9.03. The van der Waals surface area contributed by atoms with Crippen molar-refractivity contribution in [2.75, 3.05) is 13.2 Å². The minimum atomic E-state index is -0.302. The van der Waals surface area contributed by atoms with E-state index in [2.05, 4.69) is 6.92 Å². The highest BCUT2D eigenvalue weighted by atomic mass is 16.5. The molecule has 3 heteroatoms. The van der Waals surface area contributed by atoms with E-state index in [0.717, 1.165) is 19.3 Å². The molecule has 13 heavy (non-hydrogen) atoms. The average Bonchev–Trinajstić information content (AvgIpc) is 2.10. The van der Waals surface area contributed by atoms with E-state index in [4.69, 9.17) is 14.9 Å². The van der Waals surface area contributed by atoms with Crippen molar-refractivity contribution in [3.63, 3.8) is 0 Å². The molecular formula is C10H22O3. The van der Waals surface area contributed by atoms with Crippen LogP contribution in [0, 0.1) is 0 Å². The SMILES string of the molecule is CCCCOC(CO)CCC(C)O. The highest BCUT2D eigenvalue weighted by Crippen LogP contribution is 2.05. The molecule has 2 N–H and O–H groups in total. The van der Waals surface area contributed by atoms with E-state index in [0.29, 0.717) is 13.0 Å². The van der Waals surface area contributed by atoms with Gasteiger partial charge in [-0.25, -0.2) is 0 Å². The van der Waals surface area contributed by atoms with Gasteiger partial charge in [-0.1, -0.05) is 13.3 Å². The summed E-state index contributed by atoms with van der Waals surface area (Å²) < 4.78 is 5.42. The van der Waals surface area contributed by atoms with Gasteiger partial charge in [-0.2, -0.15) is 0 Å². The van der Waals surface area contributed by atoms with Crippen LogP contribution in [0.2, 0.25) is 0 Å². The Morgan fingerprint density at radius 1 is 1.31 bits per heavy atom. The molecule has 0 spiro atoms. The van der Waals surface area contributed by atoms with Crippen LogP contribution in [0.4, 0.5) is 0 Å². The molecule has 0 heterocycles. The Hall–Kier alpha value is -0.120. The third kappa shape index (κ3) is 8.22. The van der Waals surface area contributed by atoms with Crippen molar-refractivity contribution in [1.29, 1.82) is 0 Å². The summed E-state index contributed by atoms with van der Waals surface area (Å²) in [6.45, 7) is 4.62. The molecule has 3 nitrogen and oxygen atoms in total. The third-order valence-electron chi connectivity index (χ3n) is 1.96. The number of ether oxygens (including phenoxy) is 1. The number of hydrogen-bond acceptors (Lipinski definition) is 3. The van der Waals surface area contributed by atoms with E-state index < -0.39 is 0 Å². The summed E-state index contributed by atoms with van der Waals surface area (Å²) in [5.41, 5.74) is 0. The molecule has 0 bridgehead atoms. The Kier molecular flexibility index (Phi) is 8.40. The minimum Gasteiger partial charge on any atom is -0.394 e. The molecule has 0 saturated carbocycles. The fourth-order valence-electron chi connectivity index (χ4n) is 1.05. The van der Waals surface area contributed by atoms with Gasteiger partial charge >= 0.3 is 0 Å². The summed E-state index contributed by atoms with van der Waals surface area (Å²) in [5, 5.41) is 18.0. The van der Waals surface area contributed by atoms with Crippen molar-refractivity contribution in [3.05, 3.63) is 0 Å². The predicted molar refractivity (Wildman–Crippen MR) is 52.6 cm³/mol.